The summed E-state index contributed by atoms with van der Waals surface area (Å²) in [6, 6.07) is 9.80. The number of nitrogens with zero attached hydrogens (tertiary/aromatic N) is 2. The lowest BCUT2D eigenvalue weighted by Gasteiger charge is -2.24. The molecular weight excluding hydrogens is 643 g/mol. The van der Waals surface area contributed by atoms with Gasteiger partial charge in [0, 0.05) is 15.1 Å². The Labute approximate surface area is 220 Å². The number of hydrogen-bond acceptors (Lipinski definition) is 6. The molecule has 2 aromatic carbocycles. The number of benzene rings is 2. The van der Waals surface area contributed by atoms with Gasteiger partial charge in [0.15, 0.2) is 4.80 Å². The Hall–Kier alpha value is -1.95. The van der Waals surface area contributed by atoms with Crippen LogP contribution in [-0.4, -0.2) is 22.2 Å². The summed E-state index contributed by atoms with van der Waals surface area (Å²) in [6.45, 7) is 3.66. The summed E-state index contributed by atoms with van der Waals surface area (Å²) in [5.41, 5.74) is 1.69. The average molecular weight is 660 g/mol. The zero-order valence-electron chi connectivity index (χ0n) is 17.4. The second kappa shape index (κ2) is 9.73. The van der Waals surface area contributed by atoms with Crippen LogP contribution in [0.3, 0.4) is 0 Å². The molecule has 1 aromatic heterocycles. The number of thiazole rings is 1. The third kappa shape index (κ3) is 4.68. The largest absolute Gasteiger partial charge is 0.506 e. The van der Waals surface area contributed by atoms with Crippen LogP contribution in [0.25, 0.3) is 6.08 Å². The number of rotatable bonds is 4. The molecule has 1 atom stereocenters. The van der Waals surface area contributed by atoms with Gasteiger partial charge in [-0.1, -0.05) is 51.0 Å². The maximum absolute atomic E-state index is 13.6. The van der Waals surface area contributed by atoms with Gasteiger partial charge >= 0.3 is 5.97 Å². The molecular formula is C23H17BrClIN2O4S. The molecule has 170 valence electrons. The molecule has 33 heavy (non-hydrogen) atoms. The van der Waals surface area contributed by atoms with Gasteiger partial charge in [0.2, 0.25) is 0 Å². The molecule has 6 nitrogen and oxygen atoms in total. The van der Waals surface area contributed by atoms with E-state index in [1.165, 1.54) is 15.9 Å². The predicted octanol–water partition coefficient (Wildman–Crippen LogP) is 4.52. The highest BCUT2D eigenvalue weighted by Gasteiger charge is 2.33. The fraction of sp³-hybridized carbons (Fsp3) is 0.174. The minimum atomic E-state index is -0.712. The summed E-state index contributed by atoms with van der Waals surface area (Å²) in [5.74, 6) is -0.436. The molecule has 1 aliphatic rings. The van der Waals surface area contributed by atoms with Gasteiger partial charge in [0.25, 0.3) is 5.56 Å². The van der Waals surface area contributed by atoms with Crippen molar-refractivity contribution < 1.29 is 14.6 Å². The number of esters is 1. The molecule has 1 N–H and O–H groups in total. The molecule has 0 fully saturated rings. The van der Waals surface area contributed by atoms with Crippen molar-refractivity contribution in [3.63, 3.8) is 0 Å². The average Bonchev–Trinajstić information content (AvgIpc) is 3.06. The van der Waals surface area contributed by atoms with E-state index >= 15 is 0 Å². The molecule has 0 aliphatic carbocycles. The number of aromatic nitrogens is 1. The highest BCUT2D eigenvalue weighted by Crippen LogP contribution is 2.32. The predicted molar refractivity (Wildman–Crippen MR) is 140 cm³/mol. The number of phenolic OH excluding ortho intramolecular Hbond substituents is 1. The third-order valence-electron chi connectivity index (χ3n) is 5.05. The van der Waals surface area contributed by atoms with Crippen LogP contribution in [0.15, 0.2) is 61.9 Å². The molecule has 0 saturated heterocycles. The van der Waals surface area contributed by atoms with Gasteiger partial charge in [-0.05, 0) is 72.3 Å². The maximum atomic E-state index is 13.6. The molecule has 0 amide bonds. The molecule has 0 spiro atoms. The lowest BCUT2D eigenvalue weighted by Crippen LogP contribution is -2.39. The molecule has 0 unspecified atom stereocenters. The van der Waals surface area contributed by atoms with Crippen LogP contribution >= 0.6 is 61.5 Å². The van der Waals surface area contributed by atoms with Crippen molar-refractivity contribution in [1.29, 1.82) is 0 Å². The molecule has 1 aliphatic heterocycles. The van der Waals surface area contributed by atoms with Crippen molar-refractivity contribution >= 4 is 73.5 Å². The van der Waals surface area contributed by atoms with Gasteiger partial charge in [-0.2, -0.15) is 0 Å². The highest BCUT2D eigenvalue weighted by atomic mass is 127. The number of ether oxygens (including phenoxy) is 1. The van der Waals surface area contributed by atoms with E-state index in [9.17, 15) is 14.7 Å². The van der Waals surface area contributed by atoms with Crippen LogP contribution in [0, 0.1) is 3.57 Å². The molecule has 10 heteroatoms. The number of carbonyl (C=O) groups excluding carboxylic acids is 1. The Morgan fingerprint density at radius 2 is 2.06 bits per heavy atom. The van der Waals surface area contributed by atoms with Gasteiger partial charge in [-0.25, -0.2) is 9.79 Å². The molecule has 0 radical (unpaired) electrons. The van der Waals surface area contributed by atoms with Crippen LogP contribution in [0.1, 0.15) is 31.0 Å². The first-order chi connectivity index (χ1) is 15.7. The Morgan fingerprint density at radius 3 is 2.73 bits per heavy atom. The lowest BCUT2D eigenvalue weighted by atomic mass is 9.96. The lowest BCUT2D eigenvalue weighted by molar-refractivity contribution is -0.139. The first kappa shape index (κ1) is 24.2. The fourth-order valence-electron chi connectivity index (χ4n) is 3.59. The van der Waals surface area contributed by atoms with E-state index in [0.717, 1.165) is 4.47 Å². The van der Waals surface area contributed by atoms with E-state index in [0.29, 0.717) is 40.3 Å². The SMILES string of the molecule is CCOC(=O)C1=C(C)N=c2s/c(=C/c3cc(Br)cc(I)c3O)c(=O)n2[C@H]1c1ccc(Cl)cc1. The number of allylic oxidation sites excluding steroid dienone is 1. The Bertz CT molecular complexity index is 1480. The monoisotopic (exact) mass is 658 g/mol. The maximum Gasteiger partial charge on any atom is 0.338 e. The topological polar surface area (TPSA) is 80.9 Å². The summed E-state index contributed by atoms with van der Waals surface area (Å²) in [4.78, 5) is 31.4. The number of halogens is 3. The third-order valence-corrected chi connectivity index (χ3v) is 7.56. The van der Waals surface area contributed by atoms with Crippen LogP contribution in [-0.2, 0) is 9.53 Å². The smallest absolute Gasteiger partial charge is 0.338 e. The van der Waals surface area contributed by atoms with Gasteiger partial charge in [0.1, 0.15) is 5.75 Å². The fourth-order valence-corrected chi connectivity index (χ4v) is 6.30. The number of fused-ring (bicyclic) bond motifs is 1. The van der Waals surface area contributed by atoms with Crippen LogP contribution in [0.4, 0.5) is 0 Å². The van der Waals surface area contributed by atoms with Crippen molar-refractivity contribution in [3.05, 3.63) is 91.5 Å². The molecule has 0 saturated carbocycles. The van der Waals surface area contributed by atoms with E-state index in [4.69, 9.17) is 16.3 Å². The number of aromatic hydroxyl groups is 1. The van der Waals surface area contributed by atoms with E-state index in [1.807, 2.05) is 22.6 Å². The number of carbonyl (C=O) groups is 1. The van der Waals surface area contributed by atoms with Gasteiger partial charge < -0.3 is 9.84 Å². The van der Waals surface area contributed by atoms with Gasteiger partial charge in [-0.3, -0.25) is 9.36 Å². The first-order valence-corrected chi connectivity index (χ1v) is 12.9. The second-order valence-corrected chi connectivity index (χ2v) is 10.7. The Morgan fingerprint density at radius 1 is 1.36 bits per heavy atom. The molecule has 0 bridgehead atoms. The summed E-state index contributed by atoms with van der Waals surface area (Å²) < 4.78 is 8.60. The molecule has 2 heterocycles. The normalized spacial score (nSPS) is 15.9. The van der Waals surface area contributed by atoms with E-state index in [2.05, 4.69) is 20.9 Å². The molecule has 3 aromatic rings. The second-order valence-electron chi connectivity index (χ2n) is 7.18. The van der Waals surface area contributed by atoms with Crippen molar-refractivity contribution in [2.24, 2.45) is 4.99 Å². The zero-order valence-corrected chi connectivity index (χ0v) is 22.8. The van der Waals surface area contributed by atoms with Crippen LogP contribution < -0.4 is 14.9 Å². The summed E-state index contributed by atoms with van der Waals surface area (Å²) in [7, 11) is 0. The Kier molecular flexibility index (Phi) is 7.13. The first-order valence-electron chi connectivity index (χ1n) is 9.84. The van der Waals surface area contributed by atoms with Crippen molar-refractivity contribution in [2.45, 2.75) is 19.9 Å². The minimum absolute atomic E-state index is 0.0854. The Balaban J connectivity index is 1.98. The summed E-state index contributed by atoms with van der Waals surface area (Å²) in [5, 5.41) is 11.0. The van der Waals surface area contributed by atoms with Crippen molar-refractivity contribution in [1.82, 2.24) is 4.57 Å². The van der Waals surface area contributed by atoms with E-state index in [-0.39, 0.29) is 17.9 Å². The number of phenols is 1. The minimum Gasteiger partial charge on any atom is -0.506 e. The quantitative estimate of drug-likeness (QED) is 0.330. The summed E-state index contributed by atoms with van der Waals surface area (Å²) >= 11 is 12.7. The van der Waals surface area contributed by atoms with Crippen molar-refractivity contribution in [3.8, 4) is 5.75 Å². The van der Waals surface area contributed by atoms with Crippen LogP contribution in [0.5, 0.6) is 5.75 Å². The molecule has 4 rings (SSSR count). The van der Waals surface area contributed by atoms with Crippen LogP contribution in [0.2, 0.25) is 5.02 Å². The number of hydrogen-bond donors (Lipinski definition) is 1. The zero-order chi connectivity index (χ0) is 23.9. The highest BCUT2D eigenvalue weighted by molar-refractivity contribution is 14.1. The van der Waals surface area contributed by atoms with E-state index < -0.39 is 12.0 Å². The van der Waals surface area contributed by atoms with Gasteiger partial charge in [0.05, 0.1) is 32.0 Å². The van der Waals surface area contributed by atoms with Crippen molar-refractivity contribution in [2.75, 3.05) is 6.61 Å². The summed E-state index contributed by atoms with van der Waals surface area (Å²) in [6.07, 6.45) is 1.63. The van der Waals surface area contributed by atoms with Gasteiger partial charge in [-0.15, -0.1) is 0 Å². The van der Waals surface area contributed by atoms with E-state index in [1.54, 1.807) is 56.3 Å². The standard InChI is InChI=1S/C23H17BrClIN2O4S/c1-3-32-22(31)18-11(2)27-23-28(19(18)12-4-6-15(25)7-5-12)21(30)17(33-23)9-13-8-14(24)10-16(26)20(13)29/h4-10,19,29H,3H2,1-2H3/b17-9+/t19-/m0/s1.